The van der Waals surface area contributed by atoms with Crippen LogP contribution < -0.4 is 0 Å². The minimum atomic E-state index is -0.469. The van der Waals surface area contributed by atoms with Crippen LogP contribution in [-0.2, 0) is 0 Å². The van der Waals surface area contributed by atoms with E-state index in [0.717, 1.165) is 19.5 Å². The Morgan fingerprint density at radius 2 is 2.15 bits per heavy atom. The lowest BCUT2D eigenvalue weighted by molar-refractivity contribution is 0.0773. The normalized spacial score (nSPS) is 18.9. The summed E-state index contributed by atoms with van der Waals surface area (Å²) < 4.78 is 14.3. The maximum Gasteiger partial charge on any atom is 0.256 e. The van der Waals surface area contributed by atoms with Gasteiger partial charge in [-0.3, -0.25) is 9.69 Å². The maximum atomic E-state index is 14.0. The van der Waals surface area contributed by atoms with Crippen LogP contribution in [0.2, 0.25) is 0 Å². The molecule has 110 valence electrons. The molecule has 1 aromatic carbocycles. The number of benzene rings is 1. The number of likely N-dealkylation sites (N-methyl/N-ethyl adjacent to an activating group) is 1. The highest BCUT2D eigenvalue weighted by Gasteiger charge is 2.30. The van der Waals surface area contributed by atoms with Gasteiger partial charge in [0.2, 0.25) is 0 Å². The molecule has 0 N–H and O–H groups in total. The van der Waals surface area contributed by atoms with Crippen molar-refractivity contribution in [3.63, 3.8) is 0 Å². The minimum Gasteiger partial charge on any atom is -0.337 e. The highest BCUT2D eigenvalue weighted by Crippen LogP contribution is 2.23. The van der Waals surface area contributed by atoms with Gasteiger partial charge in [0, 0.05) is 19.1 Å². The van der Waals surface area contributed by atoms with Crippen molar-refractivity contribution in [3.8, 4) is 0 Å². The second-order valence-corrected chi connectivity index (χ2v) is 5.87. The minimum absolute atomic E-state index is 0.152. The van der Waals surface area contributed by atoms with Gasteiger partial charge in [-0.2, -0.15) is 0 Å². The Morgan fingerprint density at radius 1 is 1.45 bits per heavy atom. The molecule has 0 aliphatic carbocycles. The van der Waals surface area contributed by atoms with E-state index in [0.29, 0.717) is 23.6 Å². The summed E-state index contributed by atoms with van der Waals surface area (Å²) in [6.45, 7) is 7.60. The Hall–Kier alpha value is -0.940. The van der Waals surface area contributed by atoms with E-state index in [1.54, 1.807) is 23.1 Å². The van der Waals surface area contributed by atoms with Gasteiger partial charge in [-0.25, -0.2) is 4.39 Å². The first-order chi connectivity index (χ1) is 9.58. The number of likely N-dealkylation sites (tertiary alicyclic amines) is 1. The summed E-state index contributed by atoms with van der Waals surface area (Å²) in [6.07, 6.45) is 0.961. The Kier molecular flexibility index (Phi) is 5.16. The van der Waals surface area contributed by atoms with Gasteiger partial charge in [-0.15, -0.1) is 0 Å². The van der Waals surface area contributed by atoms with E-state index in [2.05, 4.69) is 34.7 Å². The number of halogens is 2. The van der Waals surface area contributed by atoms with Crippen LogP contribution in [0, 0.1) is 5.82 Å². The molecular formula is C15H20BrFN2O. The quantitative estimate of drug-likeness (QED) is 0.839. The van der Waals surface area contributed by atoms with Crippen molar-refractivity contribution in [2.24, 2.45) is 0 Å². The molecule has 1 atom stereocenters. The van der Waals surface area contributed by atoms with Crippen LogP contribution in [-0.4, -0.2) is 47.9 Å². The maximum absolute atomic E-state index is 14.0. The Balaban J connectivity index is 2.10. The topological polar surface area (TPSA) is 23.6 Å². The van der Waals surface area contributed by atoms with Crippen LogP contribution in [0.25, 0.3) is 0 Å². The molecule has 1 amide bonds. The number of carbonyl (C=O) groups excluding carboxylic acids is 1. The first-order valence-corrected chi connectivity index (χ1v) is 7.85. The Labute approximate surface area is 127 Å². The lowest BCUT2D eigenvalue weighted by atomic mass is 10.2. The van der Waals surface area contributed by atoms with Crippen LogP contribution in [0.5, 0.6) is 0 Å². The zero-order valence-corrected chi connectivity index (χ0v) is 13.5. The summed E-state index contributed by atoms with van der Waals surface area (Å²) in [5.74, 6) is -0.678. The zero-order valence-electron chi connectivity index (χ0n) is 11.9. The molecule has 1 saturated heterocycles. The van der Waals surface area contributed by atoms with Crippen molar-refractivity contribution in [1.82, 2.24) is 9.80 Å². The summed E-state index contributed by atoms with van der Waals surface area (Å²) in [5, 5.41) is 0. The molecule has 0 radical (unpaired) electrons. The van der Waals surface area contributed by atoms with E-state index < -0.39 is 5.82 Å². The predicted molar refractivity (Wildman–Crippen MR) is 81.3 cm³/mol. The monoisotopic (exact) mass is 342 g/mol. The molecule has 20 heavy (non-hydrogen) atoms. The van der Waals surface area contributed by atoms with Gasteiger partial charge < -0.3 is 4.90 Å². The molecule has 1 heterocycles. The molecule has 1 aliphatic rings. The molecule has 1 fully saturated rings. The first-order valence-electron chi connectivity index (χ1n) is 7.05. The lowest BCUT2D eigenvalue weighted by Gasteiger charge is -2.26. The molecule has 2 rings (SSSR count). The summed E-state index contributed by atoms with van der Waals surface area (Å²) in [7, 11) is 0. The van der Waals surface area contributed by atoms with E-state index >= 15 is 0 Å². The summed E-state index contributed by atoms with van der Waals surface area (Å²) in [4.78, 5) is 16.5. The average Bonchev–Trinajstić information content (AvgIpc) is 2.92. The summed E-state index contributed by atoms with van der Waals surface area (Å²) in [6, 6.07) is 5.24. The third kappa shape index (κ3) is 3.04. The number of carbonyl (C=O) groups is 1. The van der Waals surface area contributed by atoms with E-state index in [1.807, 2.05) is 0 Å². The van der Waals surface area contributed by atoms with Crippen LogP contribution in [0.15, 0.2) is 22.7 Å². The number of hydrogen-bond acceptors (Lipinski definition) is 2. The van der Waals surface area contributed by atoms with Crippen LogP contribution in [0.4, 0.5) is 4.39 Å². The Morgan fingerprint density at radius 3 is 2.80 bits per heavy atom. The predicted octanol–water partition coefficient (Wildman–Crippen LogP) is 3.14. The summed E-state index contributed by atoms with van der Waals surface area (Å²) in [5.41, 5.74) is 0.152. The molecular weight excluding hydrogens is 323 g/mol. The van der Waals surface area contributed by atoms with Gasteiger partial charge in [0.05, 0.1) is 10.0 Å². The van der Waals surface area contributed by atoms with Crippen LogP contribution in [0.3, 0.4) is 0 Å². The van der Waals surface area contributed by atoms with E-state index in [-0.39, 0.29) is 11.5 Å². The first kappa shape index (κ1) is 15.4. The third-order valence-corrected chi connectivity index (χ3v) is 4.57. The highest BCUT2D eigenvalue weighted by molar-refractivity contribution is 9.10. The average molecular weight is 343 g/mol. The van der Waals surface area contributed by atoms with Crippen molar-refractivity contribution < 1.29 is 9.18 Å². The fourth-order valence-electron chi connectivity index (χ4n) is 2.80. The summed E-state index contributed by atoms with van der Waals surface area (Å²) >= 11 is 3.13. The molecule has 5 heteroatoms. The SMILES string of the molecule is CCN(CC)C1CCN(C(=O)c2cccc(Br)c2F)C1. The van der Waals surface area contributed by atoms with Gasteiger partial charge in [-0.05, 0) is 47.6 Å². The lowest BCUT2D eigenvalue weighted by Crippen LogP contribution is -2.38. The molecule has 1 unspecified atom stereocenters. The van der Waals surface area contributed by atoms with Gasteiger partial charge >= 0.3 is 0 Å². The number of nitrogens with zero attached hydrogens (tertiary/aromatic N) is 2. The van der Waals surface area contributed by atoms with Crippen LogP contribution >= 0.6 is 15.9 Å². The van der Waals surface area contributed by atoms with E-state index in [1.165, 1.54) is 0 Å². The number of rotatable bonds is 4. The van der Waals surface area contributed by atoms with Gasteiger partial charge in [0.15, 0.2) is 0 Å². The Bertz CT molecular complexity index is 491. The molecule has 0 aromatic heterocycles. The van der Waals surface area contributed by atoms with Gasteiger partial charge in [0.1, 0.15) is 5.82 Å². The smallest absolute Gasteiger partial charge is 0.256 e. The molecule has 0 bridgehead atoms. The van der Waals surface area contributed by atoms with Crippen molar-refractivity contribution >= 4 is 21.8 Å². The standard InChI is InChI=1S/C15H20BrFN2O/c1-3-18(4-2)11-8-9-19(10-11)15(20)12-6-5-7-13(16)14(12)17/h5-7,11H,3-4,8-10H2,1-2H3. The molecule has 1 aromatic rings. The molecule has 0 saturated carbocycles. The van der Waals surface area contributed by atoms with E-state index in [9.17, 15) is 9.18 Å². The zero-order chi connectivity index (χ0) is 14.7. The van der Waals surface area contributed by atoms with Gasteiger partial charge in [0.25, 0.3) is 5.91 Å². The number of amides is 1. The second kappa shape index (κ2) is 6.68. The van der Waals surface area contributed by atoms with Crippen molar-refractivity contribution in [2.75, 3.05) is 26.2 Å². The highest BCUT2D eigenvalue weighted by atomic mass is 79.9. The van der Waals surface area contributed by atoms with E-state index in [4.69, 9.17) is 0 Å². The van der Waals surface area contributed by atoms with Crippen LogP contribution in [0.1, 0.15) is 30.6 Å². The molecule has 3 nitrogen and oxygen atoms in total. The van der Waals surface area contributed by atoms with Crippen molar-refractivity contribution in [1.29, 1.82) is 0 Å². The molecule has 0 spiro atoms. The number of hydrogen-bond donors (Lipinski definition) is 0. The second-order valence-electron chi connectivity index (χ2n) is 5.02. The third-order valence-electron chi connectivity index (χ3n) is 3.96. The van der Waals surface area contributed by atoms with Crippen molar-refractivity contribution in [2.45, 2.75) is 26.3 Å². The fourth-order valence-corrected chi connectivity index (χ4v) is 3.17. The fraction of sp³-hybridized carbons (Fsp3) is 0.533. The molecule has 1 aliphatic heterocycles. The largest absolute Gasteiger partial charge is 0.337 e. The van der Waals surface area contributed by atoms with Gasteiger partial charge in [-0.1, -0.05) is 19.9 Å². The van der Waals surface area contributed by atoms with Crippen molar-refractivity contribution in [3.05, 3.63) is 34.1 Å².